The number of nitrogens with zero attached hydrogens (tertiary/aromatic N) is 1. The van der Waals surface area contributed by atoms with E-state index in [4.69, 9.17) is 4.74 Å². The van der Waals surface area contributed by atoms with Gasteiger partial charge in [-0.1, -0.05) is 44.2 Å². The molecule has 5 nitrogen and oxygen atoms in total. The van der Waals surface area contributed by atoms with Crippen molar-refractivity contribution in [2.45, 2.75) is 32.6 Å². The molecule has 2 aromatic carbocycles. The zero-order chi connectivity index (χ0) is 19.9. The molecule has 2 aromatic rings. The summed E-state index contributed by atoms with van der Waals surface area (Å²) in [4.78, 5) is 26.6. The van der Waals surface area contributed by atoms with Crippen LogP contribution < -0.4 is 10.1 Å². The number of ether oxygens (including phenoxy) is 1. The van der Waals surface area contributed by atoms with E-state index in [0.29, 0.717) is 37.6 Å². The summed E-state index contributed by atoms with van der Waals surface area (Å²) < 4.78 is 5.53. The Bertz CT molecular complexity index is 779. The maximum Gasteiger partial charge on any atom is 0.260 e. The minimum absolute atomic E-state index is 0.0308. The second-order valence-corrected chi connectivity index (χ2v) is 7.52. The van der Waals surface area contributed by atoms with Crippen molar-refractivity contribution in [2.75, 3.05) is 25.0 Å². The van der Waals surface area contributed by atoms with Crippen LogP contribution in [0, 0.1) is 5.92 Å². The highest BCUT2D eigenvalue weighted by Crippen LogP contribution is 2.21. The Morgan fingerprint density at radius 3 is 2.29 bits per heavy atom. The van der Waals surface area contributed by atoms with Gasteiger partial charge in [-0.2, -0.15) is 0 Å². The first-order valence-corrected chi connectivity index (χ1v) is 9.89. The first kappa shape index (κ1) is 19.9. The minimum Gasteiger partial charge on any atom is -0.484 e. The smallest absolute Gasteiger partial charge is 0.260 e. The fourth-order valence-corrected chi connectivity index (χ4v) is 3.34. The SMILES string of the molecule is CC(C)c1ccc(NC(=O)C2CCN(C(=O)COc3ccccc3)CC2)cc1. The number of para-hydroxylation sites is 1. The highest BCUT2D eigenvalue weighted by atomic mass is 16.5. The zero-order valence-corrected chi connectivity index (χ0v) is 16.6. The van der Waals surface area contributed by atoms with Crippen LogP contribution in [0.2, 0.25) is 0 Å². The van der Waals surface area contributed by atoms with Gasteiger partial charge in [-0.05, 0) is 48.6 Å². The standard InChI is InChI=1S/C23H28N2O3/c1-17(2)18-8-10-20(11-9-18)24-23(27)19-12-14-25(15-13-19)22(26)16-28-21-6-4-3-5-7-21/h3-11,17,19H,12-16H2,1-2H3,(H,24,27). The molecule has 2 amide bonds. The van der Waals surface area contributed by atoms with Gasteiger partial charge in [0, 0.05) is 24.7 Å². The van der Waals surface area contributed by atoms with Crippen LogP contribution in [0.15, 0.2) is 54.6 Å². The second-order valence-electron chi connectivity index (χ2n) is 7.52. The molecule has 1 aliphatic rings. The summed E-state index contributed by atoms with van der Waals surface area (Å²) in [6.45, 7) is 5.49. The number of hydrogen-bond donors (Lipinski definition) is 1. The molecule has 148 valence electrons. The number of carbonyl (C=O) groups excluding carboxylic acids is 2. The van der Waals surface area contributed by atoms with Crippen molar-refractivity contribution < 1.29 is 14.3 Å². The van der Waals surface area contributed by atoms with E-state index in [0.717, 1.165) is 5.69 Å². The summed E-state index contributed by atoms with van der Waals surface area (Å²) >= 11 is 0. The molecule has 0 unspecified atom stereocenters. The highest BCUT2D eigenvalue weighted by molar-refractivity contribution is 5.92. The summed E-state index contributed by atoms with van der Waals surface area (Å²) in [6.07, 6.45) is 1.35. The van der Waals surface area contributed by atoms with Gasteiger partial charge >= 0.3 is 0 Å². The quantitative estimate of drug-likeness (QED) is 0.822. The largest absolute Gasteiger partial charge is 0.484 e. The molecule has 0 bridgehead atoms. The van der Waals surface area contributed by atoms with Gasteiger partial charge in [-0.25, -0.2) is 0 Å². The summed E-state index contributed by atoms with van der Waals surface area (Å²) in [7, 11) is 0. The summed E-state index contributed by atoms with van der Waals surface area (Å²) in [5.41, 5.74) is 2.08. The number of rotatable bonds is 6. The third-order valence-corrected chi connectivity index (χ3v) is 5.17. The van der Waals surface area contributed by atoms with Crippen LogP contribution in [-0.2, 0) is 9.59 Å². The topological polar surface area (TPSA) is 58.6 Å². The maximum absolute atomic E-state index is 12.5. The van der Waals surface area contributed by atoms with Crippen LogP contribution in [0.5, 0.6) is 5.75 Å². The number of carbonyl (C=O) groups is 2. The third-order valence-electron chi connectivity index (χ3n) is 5.17. The van der Waals surface area contributed by atoms with Crippen LogP contribution in [0.3, 0.4) is 0 Å². The van der Waals surface area contributed by atoms with Crippen LogP contribution in [-0.4, -0.2) is 36.4 Å². The molecular formula is C23H28N2O3. The molecule has 5 heteroatoms. The number of amides is 2. The van der Waals surface area contributed by atoms with Crippen molar-refractivity contribution in [2.24, 2.45) is 5.92 Å². The second kappa shape index (κ2) is 9.40. The molecule has 0 atom stereocenters. The minimum atomic E-state index is -0.0659. The van der Waals surface area contributed by atoms with E-state index in [-0.39, 0.29) is 24.3 Å². The van der Waals surface area contributed by atoms with E-state index in [2.05, 4.69) is 19.2 Å². The molecule has 28 heavy (non-hydrogen) atoms. The molecule has 1 saturated heterocycles. The van der Waals surface area contributed by atoms with Crippen molar-refractivity contribution in [3.63, 3.8) is 0 Å². The molecule has 0 aliphatic carbocycles. The van der Waals surface area contributed by atoms with Crippen molar-refractivity contribution in [1.29, 1.82) is 0 Å². The Hall–Kier alpha value is -2.82. The highest BCUT2D eigenvalue weighted by Gasteiger charge is 2.27. The first-order chi connectivity index (χ1) is 13.5. The molecule has 0 aromatic heterocycles. The number of hydrogen-bond acceptors (Lipinski definition) is 3. The molecule has 1 N–H and O–H groups in total. The van der Waals surface area contributed by atoms with Gasteiger partial charge in [0.15, 0.2) is 6.61 Å². The van der Waals surface area contributed by atoms with E-state index in [1.807, 2.05) is 54.6 Å². The van der Waals surface area contributed by atoms with Crippen molar-refractivity contribution in [3.05, 3.63) is 60.2 Å². The lowest BCUT2D eigenvalue weighted by Crippen LogP contribution is -2.43. The Morgan fingerprint density at radius 1 is 1.04 bits per heavy atom. The Kier molecular flexibility index (Phi) is 6.69. The Balaban J connectivity index is 1.43. The average molecular weight is 380 g/mol. The van der Waals surface area contributed by atoms with Gasteiger partial charge in [0.2, 0.25) is 5.91 Å². The van der Waals surface area contributed by atoms with Crippen molar-refractivity contribution in [1.82, 2.24) is 4.90 Å². The van der Waals surface area contributed by atoms with E-state index in [9.17, 15) is 9.59 Å². The van der Waals surface area contributed by atoms with E-state index in [1.165, 1.54) is 5.56 Å². The number of nitrogens with one attached hydrogen (secondary N) is 1. The number of piperidine rings is 1. The first-order valence-electron chi connectivity index (χ1n) is 9.89. The van der Waals surface area contributed by atoms with E-state index in [1.54, 1.807) is 4.90 Å². The van der Waals surface area contributed by atoms with Crippen molar-refractivity contribution >= 4 is 17.5 Å². The lowest BCUT2D eigenvalue weighted by atomic mass is 9.95. The van der Waals surface area contributed by atoms with Crippen LogP contribution in [0.1, 0.15) is 38.2 Å². The van der Waals surface area contributed by atoms with Gasteiger partial charge in [-0.3, -0.25) is 9.59 Å². The van der Waals surface area contributed by atoms with Crippen LogP contribution >= 0.6 is 0 Å². The van der Waals surface area contributed by atoms with E-state index < -0.39 is 0 Å². The molecule has 0 radical (unpaired) electrons. The lowest BCUT2D eigenvalue weighted by molar-refractivity contribution is -0.136. The van der Waals surface area contributed by atoms with Gasteiger partial charge in [0.05, 0.1) is 0 Å². The predicted molar refractivity (Wildman–Crippen MR) is 110 cm³/mol. The molecule has 0 spiro atoms. The Labute approximate surface area is 166 Å². The average Bonchev–Trinajstić information content (AvgIpc) is 2.73. The molecular weight excluding hydrogens is 352 g/mol. The molecule has 1 aliphatic heterocycles. The number of benzene rings is 2. The van der Waals surface area contributed by atoms with Crippen molar-refractivity contribution in [3.8, 4) is 5.75 Å². The normalized spacial score (nSPS) is 14.8. The summed E-state index contributed by atoms with van der Waals surface area (Å²) in [6, 6.07) is 17.3. The van der Waals surface area contributed by atoms with Gasteiger partial charge in [0.25, 0.3) is 5.91 Å². The number of likely N-dealkylation sites (tertiary alicyclic amines) is 1. The molecule has 1 fully saturated rings. The fourth-order valence-electron chi connectivity index (χ4n) is 3.34. The molecule has 0 saturated carbocycles. The number of anilines is 1. The van der Waals surface area contributed by atoms with Crippen LogP contribution in [0.25, 0.3) is 0 Å². The molecule has 1 heterocycles. The fraction of sp³-hybridized carbons (Fsp3) is 0.391. The summed E-state index contributed by atoms with van der Waals surface area (Å²) in [5, 5.41) is 3.00. The Morgan fingerprint density at radius 2 is 1.68 bits per heavy atom. The predicted octanol–water partition coefficient (Wildman–Crippen LogP) is 4.07. The third kappa shape index (κ3) is 5.35. The van der Waals surface area contributed by atoms with Gasteiger partial charge in [-0.15, -0.1) is 0 Å². The zero-order valence-electron chi connectivity index (χ0n) is 16.6. The monoisotopic (exact) mass is 380 g/mol. The van der Waals surface area contributed by atoms with Crippen LogP contribution in [0.4, 0.5) is 5.69 Å². The van der Waals surface area contributed by atoms with Gasteiger partial charge < -0.3 is 15.0 Å². The maximum atomic E-state index is 12.5. The lowest BCUT2D eigenvalue weighted by Gasteiger charge is -2.31. The van der Waals surface area contributed by atoms with E-state index >= 15 is 0 Å². The summed E-state index contributed by atoms with van der Waals surface area (Å²) in [5.74, 6) is 1.09. The van der Waals surface area contributed by atoms with Gasteiger partial charge in [0.1, 0.15) is 5.75 Å². The molecule has 3 rings (SSSR count).